The van der Waals surface area contributed by atoms with Crippen LogP contribution in [-0.4, -0.2) is 19.5 Å². The molecule has 0 atom stereocenters. The maximum absolute atomic E-state index is 11.9. The van der Waals surface area contributed by atoms with Crippen LogP contribution < -0.4 is 10.2 Å². The lowest BCUT2D eigenvalue weighted by molar-refractivity contribution is -0.114. The Morgan fingerprint density at radius 2 is 1.84 bits per heavy atom. The van der Waals surface area contributed by atoms with Gasteiger partial charge in [-0.25, -0.2) is 0 Å². The number of anilines is 2. The fourth-order valence-corrected chi connectivity index (χ4v) is 1.89. The van der Waals surface area contributed by atoms with Crippen LogP contribution in [0.3, 0.4) is 0 Å². The summed E-state index contributed by atoms with van der Waals surface area (Å²) in [5.41, 5.74) is 3.06. The number of nitrogens with one attached hydrogen (secondary N) is 1. The van der Waals surface area contributed by atoms with Gasteiger partial charge in [-0.3, -0.25) is 4.79 Å². The third-order valence-corrected chi connectivity index (χ3v) is 2.88. The molecule has 3 nitrogen and oxygen atoms in total. The summed E-state index contributed by atoms with van der Waals surface area (Å²) in [6.45, 7) is 2.37. The quantitative estimate of drug-likeness (QED) is 0.909. The lowest BCUT2D eigenvalue weighted by atomic mass is 10.2. The molecular weight excluding hydrogens is 236 g/mol. The van der Waals surface area contributed by atoms with Gasteiger partial charge in [0.05, 0.1) is 6.54 Å². The van der Waals surface area contributed by atoms with Crippen LogP contribution in [0, 0.1) is 6.92 Å². The first-order valence-corrected chi connectivity index (χ1v) is 6.28. The summed E-state index contributed by atoms with van der Waals surface area (Å²) in [7, 11) is 1.92. The molecule has 0 aromatic heterocycles. The van der Waals surface area contributed by atoms with Crippen LogP contribution in [0.1, 0.15) is 5.56 Å². The molecule has 0 unspecified atom stereocenters. The van der Waals surface area contributed by atoms with Crippen molar-refractivity contribution >= 4 is 17.3 Å². The zero-order chi connectivity index (χ0) is 13.7. The molecular formula is C16H18N2O. The first-order chi connectivity index (χ1) is 9.15. The number of para-hydroxylation sites is 1. The van der Waals surface area contributed by atoms with Crippen LogP contribution in [0.2, 0.25) is 0 Å². The fraction of sp³-hybridized carbons (Fsp3) is 0.188. The van der Waals surface area contributed by atoms with Crippen LogP contribution in [-0.2, 0) is 4.79 Å². The van der Waals surface area contributed by atoms with E-state index < -0.39 is 0 Å². The molecule has 0 bridgehead atoms. The number of likely N-dealkylation sites (N-methyl/N-ethyl adjacent to an activating group) is 1. The number of rotatable bonds is 4. The minimum atomic E-state index is -0.0183. The summed E-state index contributed by atoms with van der Waals surface area (Å²) < 4.78 is 0. The van der Waals surface area contributed by atoms with Gasteiger partial charge in [0.15, 0.2) is 0 Å². The molecule has 0 radical (unpaired) electrons. The molecule has 0 aliphatic heterocycles. The lowest BCUT2D eigenvalue weighted by Crippen LogP contribution is -2.30. The van der Waals surface area contributed by atoms with Crippen molar-refractivity contribution in [2.45, 2.75) is 6.92 Å². The Kier molecular flexibility index (Phi) is 4.18. The average molecular weight is 254 g/mol. The predicted molar refractivity (Wildman–Crippen MR) is 79.5 cm³/mol. The SMILES string of the molecule is Cc1cccc(N(C)CC(=O)Nc2ccccc2)c1. The molecule has 0 saturated heterocycles. The zero-order valence-electron chi connectivity index (χ0n) is 11.3. The number of nitrogens with zero attached hydrogens (tertiary/aromatic N) is 1. The van der Waals surface area contributed by atoms with Gasteiger partial charge in [-0.2, -0.15) is 0 Å². The highest BCUT2D eigenvalue weighted by atomic mass is 16.2. The standard InChI is InChI=1S/C16H18N2O/c1-13-7-6-10-15(11-13)18(2)12-16(19)17-14-8-4-3-5-9-14/h3-11H,12H2,1-2H3,(H,17,19). The Labute approximate surface area is 113 Å². The molecule has 19 heavy (non-hydrogen) atoms. The van der Waals surface area contributed by atoms with Crippen molar-refractivity contribution in [2.24, 2.45) is 0 Å². The maximum Gasteiger partial charge on any atom is 0.243 e. The highest BCUT2D eigenvalue weighted by Crippen LogP contribution is 2.14. The van der Waals surface area contributed by atoms with Gasteiger partial charge < -0.3 is 10.2 Å². The minimum Gasteiger partial charge on any atom is -0.365 e. The van der Waals surface area contributed by atoms with Gasteiger partial charge in [0, 0.05) is 18.4 Å². The normalized spacial score (nSPS) is 10.0. The fourth-order valence-electron chi connectivity index (χ4n) is 1.89. The van der Waals surface area contributed by atoms with Gasteiger partial charge in [0.1, 0.15) is 0 Å². The van der Waals surface area contributed by atoms with Gasteiger partial charge in [-0.15, -0.1) is 0 Å². The van der Waals surface area contributed by atoms with Crippen molar-refractivity contribution in [3.8, 4) is 0 Å². The van der Waals surface area contributed by atoms with Crippen molar-refractivity contribution < 1.29 is 4.79 Å². The first kappa shape index (κ1) is 13.1. The highest BCUT2D eigenvalue weighted by Gasteiger charge is 2.07. The van der Waals surface area contributed by atoms with E-state index in [9.17, 15) is 4.79 Å². The van der Waals surface area contributed by atoms with E-state index in [2.05, 4.69) is 11.4 Å². The Bertz CT molecular complexity index is 552. The molecule has 2 rings (SSSR count). The summed E-state index contributed by atoms with van der Waals surface area (Å²) in [5.74, 6) is -0.0183. The van der Waals surface area contributed by atoms with E-state index in [0.29, 0.717) is 6.54 Å². The minimum absolute atomic E-state index is 0.0183. The number of hydrogen-bond acceptors (Lipinski definition) is 2. The zero-order valence-corrected chi connectivity index (χ0v) is 11.3. The topological polar surface area (TPSA) is 32.3 Å². The third kappa shape index (κ3) is 3.85. The largest absolute Gasteiger partial charge is 0.365 e. The van der Waals surface area contributed by atoms with Crippen LogP contribution in [0.4, 0.5) is 11.4 Å². The van der Waals surface area contributed by atoms with Gasteiger partial charge >= 0.3 is 0 Å². The van der Waals surface area contributed by atoms with Gasteiger partial charge in [0.2, 0.25) is 5.91 Å². The van der Waals surface area contributed by atoms with Crippen molar-refractivity contribution in [2.75, 3.05) is 23.8 Å². The summed E-state index contributed by atoms with van der Waals surface area (Å²) in [6.07, 6.45) is 0. The van der Waals surface area contributed by atoms with Crippen molar-refractivity contribution in [1.82, 2.24) is 0 Å². The van der Waals surface area contributed by atoms with Crippen LogP contribution in [0.25, 0.3) is 0 Å². The number of amides is 1. The molecule has 0 saturated carbocycles. The van der Waals surface area contributed by atoms with E-state index in [0.717, 1.165) is 11.4 Å². The Balaban J connectivity index is 1.95. The first-order valence-electron chi connectivity index (χ1n) is 6.28. The molecule has 3 heteroatoms. The molecule has 1 amide bonds. The Morgan fingerprint density at radius 1 is 1.11 bits per heavy atom. The molecule has 98 valence electrons. The van der Waals surface area contributed by atoms with Crippen LogP contribution in [0.15, 0.2) is 54.6 Å². The summed E-state index contributed by atoms with van der Waals surface area (Å²) in [4.78, 5) is 13.9. The van der Waals surface area contributed by atoms with Gasteiger partial charge in [-0.05, 0) is 36.8 Å². The second-order valence-electron chi connectivity index (χ2n) is 4.61. The van der Waals surface area contributed by atoms with E-state index in [1.807, 2.05) is 67.4 Å². The number of hydrogen-bond donors (Lipinski definition) is 1. The molecule has 0 fully saturated rings. The van der Waals surface area contributed by atoms with E-state index >= 15 is 0 Å². The second kappa shape index (κ2) is 6.05. The van der Waals surface area contributed by atoms with Crippen molar-refractivity contribution in [3.05, 3.63) is 60.2 Å². The number of benzene rings is 2. The number of carbonyl (C=O) groups excluding carboxylic acids is 1. The molecule has 0 aliphatic carbocycles. The Morgan fingerprint density at radius 3 is 2.53 bits per heavy atom. The van der Waals surface area contributed by atoms with Crippen LogP contribution >= 0.6 is 0 Å². The van der Waals surface area contributed by atoms with Crippen molar-refractivity contribution in [1.29, 1.82) is 0 Å². The smallest absolute Gasteiger partial charge is 0.243 e. The summed E-state index contributed by atoms with van der Waals surface area (Å²) >= 11 is 0. The Hall–Kier alpha value is -2.29. The predicted octanol–water partition coefficient (Wildman–Crippen LogP) is 3.07. The summed E-state index contributed by atoms with van der Waals surface area (Å²) in [6, 6.07) is 17.6. The monoisotopic (exact) mass is 254 g/mol. The number of carbonyl (C=O) groups is 1. The molecule has 0 spiro atoms. The highest BCUT2D eigenvalue weighted by molar-refractivity contribution is 5.93. The number of aryl methyl sites for hydroxylation is 1. The van der Waals surface area contributed by atoms with Crippen molar-refractivity contribution in [3.63, 3.8) is 0 Å². The second-order valence-corrected chi connectivity index (χ2v) is 4.61. The molecule has 0 heterocycles. The van der Waals surface area contributed by atoms with Crippen LogP contribution in [0.5, 0.6) is 0 Å². The molecule has 2 aromatic rings. The average Bonchev–Trinajstić information content (AvgIpc) is 2.39. The van der Waals surface area contributed by atoms with Gasteiger partial charge in [0.25, 0.3) is 0 Å². The van der Waals surface area contributed by atoms with E-state index in [1.165, 1.54) is 5.56 Å². The van der Waals surface area contributed by atoms with Gasteiger partial charge in [-0.1, -0.05) is 30.3 Å². The lowest BCUT2D eigenvalue weighted by Gasteiger charge is -2.19. The molecule has 0 aliphatic rings. The van der Waals surface area contributed by atoms with E-state index in [1.54, 1.807) is 0 Å². The van der Waals surface area contributed by atoms with E-state index in [-0.39, 0.29) is 5.91 Å². The van der Waals surface area contributed by atoms with E-state index in [4.69, 9.17) is 0 Å². The third-order valence-electron chi connectivity index (χ3n) is 2.88. The maximum atomic E-state index is 11.9. The molecule has 2 aromatic carbocycles. The molecule has 1 N–H and O–H groups in total. The summed E-state index contributed by atoms with van der Waals surface area (Å²) in [5, 5.41) is 2.88.